The van der Waals surface area contributed by atoms with Crippen molar-refractivity contribution in [3.63, 3.8) is 0 Å². The summed E-state index contributed by atoms with van der Waals surface area (Å²) in [5.74, 6) is -0.227. The maximum Gasteiger partial charge on any atom is 0.309 e. The van der Waals surface area contributed by atoms with E-state index in [0.29, 0.717) is 11.3 Å². The number of hydrogen-bond acceptors (Lipinski definition) is 6. The number of amides is 1. The number of pyridine rings is 1. The van der Waals surface area contributed by atoms with E-state index in [9.17, 15) is 14.4 Å². The highest BCUT2D eigenvalue weighted by Gasteiger charge is 2.31. The third-order valence-electron chi connectivity index (χ3n) is 7.06. The molecule has 2 fully saturated rings. The van der Waals surface area contributed by atoms with Gasteiger partial charge in [-0.2, -0.15) is 5.10 Å². The first-order chi connectivity index (χ1) is 17.6. The second-order valence-electron chi connectivity index (χ2n) is 11.1. The van der Waals surface area contributed by atoms with Crippen molar-refractivity contribution in [1.82, 2.24) is 14.3 Å². The topological polar surface area (TPSA) is 104 Å². The van der Waals surface area contributed by atoms with Gasteiger partial charge < -0.3 is 19.4 Å². The second-order valence-corrected chi connectivity index (χ2v) is 11.1. The number of esters is 1. The van der Waals surface area contributed by atoms with Gasteiger partial charge in [0.25, 0.3) is 11.5 Å². The van der Waals surface area contributed by atoms with Gasteiger partial charge >= 0.3 is 5.97 Å². The van der Waals surface area contributed by atoms with Crippen LogP contribution in [0.5, 0.6) is 5.75 Å². The summed E-state index contributed by atoms with van der Waals surface area (Å²) in [5, 5.41) is 8.32. The molecule has 2 aromatic heterocycles. The minimum Gasteiger partial charge on any atom is -0.496 e. The summed E-state index contributed by atoms with van der Waals surface area (Å²) in [4.78, 5) is 38.4. The number of aromatic nitrogens is 3. The molecule has 0 aliphatic heterocycles. The predicted molar refractivity (Wildman–Crippen MR) is 140 cm³/mol. The van der Waals surface area contributed by atoms with Crippen LogP contribution in [0, 0.1) is 5.92 Å². The fraction of sp³-hybridized carbons (Fsp3) is 0.500. The molecular formula is C28H34N4O5. The number of hydrogen-bond donors (Lipinski definition) is 1. The van der Waals surface area contributed by atoms with Crippen molar-refractivity contribution < 1.29 is 19.1 Å². The van der Waals surface area contributed by atoms with Gasteiger partial charge in [0.05, 0.1) is 30.1 Å². The van der Waals surface area contributed by atoms with Crippen molar-refractivity contribution in [2.45, 2.75) is 77.0 Å². The summed E-state index contributed by atoms with van der Waals surface area (Å²) < 4.78 is 14.7. The summed E-state index contributed by atoms with van der Waals surface area (Å²) >= 11 is 0. The smallest absolute Gasteiger partial charge is 0.309 e. The molecule has 9 nitrogen and oxygen atoms in total. The van der Waals surface area contributed by atoms with Crippen LogP contribution in [0.3, 0.4) is 0 Å². The van der Waals surface area contributed by atoms with E-state index in [1.807, 2.05) is 31.6 Å². The van der Waals surface area contributed by atoms with Crippen molar-refractivity contribution in [3.05, 3.63) is 52.6 Å². The summed E-state index contributed by atoms with van der Waals surface area (Å²) in [6.07, 6.45) is 8.81. The Morgan fingerprint density at radius 3 is 2.41 bits per heavy atom. The monoisotopic (exact) mass is 506 g/mol. The Morgan fingerprint density at radius 2 is 1.76 bits per heavy atom. The number of nitrogens with one attached hydrogen (secondary N) is 1. The Morgan fingerprint density at radius 1 is 1.05 bits per heavy atom. The average molecular weight is 507 g/mol. The standard InChI is InChI=1S/C28H34N4O5/c1-28(2,3)37-27(35)17-7-9-20(10-8-17)32-16-18-14-21(24(36-4)15-23(18)30-32)25(33)29-22-6-5-13-31(26(22)34)19-11-12-19/h5-6,13-17,19-20H,7-12H2,1-4H3,(H,29,33). The molecule has 1 aromatic carbocycles. The molecule has 0 bridgehead atoms. The van der Waals surface area contributed by atoms with Crippen molar-refractivity contribution in [1.29, 1.82) is 0 Å². The third-order valence-corrected chi connectivity index (χ3v) is 7.06. The first-order valence-electron chi connectivity index (χ1n) is 12.9. The summed E-state index contributed by atoms with van der Waals surface area (Å²) in [6.45, 7) is 5.66. The molecule has 2 aliphatic rings. The van der Waals surface area contributed by atoms with E-state index in [4.69, 9.17) is 14.6 Å². The van der Waals surface area contributed by atoms with Gasteiger partial charge in [-0.15, -0.1) is 0 Å². The van der Waals surface area contributed by atoms with Crippen molar-refractivity contribution in [3.8, 4) is 5.75 Å². The van der Waals surface area contributed by atoms with E-state index in [1.165, 1.54) is 7.11 Å². The zero-order chi connectivity index (χ0) is 26.3. The predicted octanol–water partition coefficient (Wildman–Crippen LogP) is 4.87. The van der Waals surface area contributed by atoms with E-state index < -0.39 is 11.5 Å². The van der Waals surface area contributed by atoms with E-state index in [2.05, 4.69) is 5.32 Å². The van der Waals surface area contributed by atoms with Crippen LogP contribution in [0.15, 0.2) is 41.5 Å². The SMILES string of the molecule is COc1cc2nn(C3CCC(C(=O)OC(C)(C)C)CC3)cc2cc1C(=O)Nc1cccn(C2CC2)c1=O. The highest BCUT2D eigenvalue weighted by molar-refractivity contribution is 6.08. The lowest BCUT2D eigenvalue weighted by Gasteiger charge is -2.29. The average Bonchev–Trinajstić information content (AvgIpc) is 3.61. The van der Waals surface area contributed by atoms with Gasteiger partial charge in [-0.1, -0.05) is 0 Å². The highest BCUT2D eigenvalue weighted by Crippen LogP contribution is 2.35. The molecule has 0 atom stereocenters. The Kier molecular flexibility index (Phi) is 6.56. The summed E-state index contributed by atoms with van der Waals surface area (Å²) in [7, 11) is 1.51. The molecule has 0 radical (unpaired) electrons. The molecule has 2 heterocycles. The molecule has 196 valence electrons. The fourth-order valence-corrected chi connectivity index (χ4v) is 5.00. The first-order valence-corrected chi connectivity index (χ1v) is 12.9. The van der Waals surface area contributed by atoms with Crippen LogP contribution in [-0.2, 0) is 9.53 Å². The number of fused-ring (bicyclic) bond motifs is 1. The highest BCUT2D eigenvalue weighted by atomic mass is 16.6. The lowest BCUT2D eigenvalue weighted by molar-refractivity contribution is -0.161. The zero-order valence-electron chi connectivity index (χ0n) is 21.8. The lowest BCUT2D eigenvalue weighted by Crippen LogP contribution is -2.31. The van der Waals surface area contributed by atoms with Crippen LogP contribution in [0.25, 0.3) is 10.9 Å². The quantitative estimate of drug-likeness (QED) is 0.479. The molecule has 3 aromatic rings. The molecule has 5 rings (SSSR count). The third kappa shape index (κ3) is 5.40. The van der Waals surface area contributed by atoms with Gasteiger partial charge in [0.2, 0.25) is 0 Å². The molecule has 0 unspecified atom stereocenters. The van der Waals surface area contributed by atoms with Crippen molar-refractivity contribution >= 4 is 28.5 Å². The van der Waals surface area contributed by atoms with Gasteiger partial charge in [0, 0.05) is 29.9 Å². The number of carbonyl (C=O) groups is 2. The van der Waals surface area contributed by atoms with Gasteiger partial charge in [-0.25, -0.2) is 0 Å². The van der Waals surface area contributed by atoms with Crippen LogP contribution in [0.2, 0.25) is 0 Å². The molecule has 9 heteroatoms. The van der Waals surface area contributed by atoms with Gasteiger partial charge in [0.1, 0.15) is 17.0 Å². The lowest BCUT2D eigenvalue weighted by atomic mass is 9.86. The Hall–Kier alpha value is -3.62. The summed E-state index contributed by atoms with van der Waals surface area (Å²) in [5.41, 5.74) is 0.625. The number of rotatable bonds is 6. The van der Waals surface area contributed by atoms with Crippen LogP contribution in [0.1, 0.15) is 81.7 Å². The van der Waals surface area contributed by atoms with Crippen molar-refractivity contribution in [2.24, 2.45) is 5.92 Å². The van der Waals surface area contributed by atoms with Crippen molar-refractivity contribution in [2.75, 3.05) is 12.4 Å². The molecular weight excluding hydrogens is 472 g/mol. The maximum absolute atomic E-state index is 13.2. The molecule has 0 spiro atoms. The number of nitrogens with zero attached hydrogens (tertiary/aromatic N) is 3. The van der Waals surface area contributed by atoms with E-state index >= 15 is 0 Å². The Balaban J connectivity index is 1.33. The second kappa shape index (κ2) is 9.68. The first kappa shape index (κ1) is 25.0. The van der Waals surface area contributed by atoms with Gasteiger partial charge in [0.15, 0.2) is 0 Å². The van der Waals surface area contributed by atoms with Crippen LogP contribution in [0.4, 0.5) is 5.69 Å². The van der Waals surface area contributed by atoms with Gasteiger partial charge in [-0.05, 0) is 77.5 Å². The largest absolute Gasteiger partial charge is 0.496 e. The van der Waals surface area contributed by atoms with Crippen LogP contribution >= 0.6 is 0 Å². The van der Waals surface area contributed by atoms with E-state index in [-0.39, 0.29) is 35.2 Å². The minimum atomic E-state index is -0.481. The van der Waals surface area contributed by atoms with Crippen LogP contribution in [-0.4, -0.2) is 38.9 Å². The minimum absolute atomic E-state index is 0.0849. The number of ether oxygens (including phenoxy) is 2. The summed E-state index contributed by atoms with van der Waals surface area (Å²) in [6, 6.07) is 7.29. The van der Waals surface area contributed by atoms with Crippen LogP contribution < -0.4 is 15.6 Å². The Labute approximate surface area is 215 Å². The van der Waals surface area contributed by atoms with Gasteiger partial charge in [-0.3, -0.25) is 19.1 Å². The molecule has 37 heavy (non-hydrogen) atoms. The van der Waals surface area contributed by atoms with E-state index in [1.54, 1.807) is 35.0 Å². The molecule has 1 N–H and O–H groups in total. The normalized spacial score (nSPS) is 20.0. The number of anilines is 1. The van der Waals surface area contributed by atoms with E-state index in [0.717, 1.165) is 49.4 Å². The Bertz CT molecular complexity index is 1390. The molecule has 0 saturated heterocycles. The molecule has 2 saturated carbocycles. The zero-order valence-corrected chi connectivity index (χ0v) is 21.8. The fourth-order valence-electron chi connectivity index (χ4n) is 5.00. The number of carbonyl (C=O) groups excluding carboxylic acids is 2. The number of methoxy groups -OCH3 is 1. The molecule has 1 amide bonds. The maximum atomic E-state index is 13.2. The number of benzene rings is 1. The molecule has 2 aliphatic carbocycles.